The van der Waals surface area contributed by atoms with E-state index in [9.17, 15) is 13.2 Å². The lowest BCUT2D eigenvalue weighted by atomic mass is 10.0. The number of aromatic nitrogens is 3. The van der Waals surface area contributed by atoms with Crippen LogP contribution in [0.1, 0.15) is 52.3 Å². The minimum atomic E-state index is -2.88. The molecular weight excluding hydrogens is 384 g/mol. The second kappa shape index (κ2) is 9.91. The summed E-state index contributed by atoms with van der Waals surface area (Å²) in [6.07, 6.45) is 4.60. The van der Waals surface area contributed by atoms with Gasteiger partial charge in [-0.15, -0.1) is 10.2 Å². The monoisotopic (exact) mass is 416 g/mol. The molecule has 1 N–H and O–H groups in total. The van der Waals surface area contributed by atoms with Crippen LogP contribution < -0.4 is 5.32 Å². The Balaban J connectivity index is 1.76. The lowest BCUT2D eigenvalue weighted by Crippen LogP contribution is -2.33. The van der Waals surface area contributed by atoms with Gasteiger partial charge in [0.25, 0.3) is 0 Å². The first kappa shape index (κ1) is 22.2. The number of carbonyl (C=O) groups is 1. The molecule has 1 aliphatic heterocycles. The molecule has 27 heavy (non-hydrogen) atoms. The van der Waals surface area contributed by atoms with E-state index in [1.165, 1.54) is 18.2 Å². The van der Waals surface area contributed by atoms with Crippen molar-refractivity contribution in [3.8, 4) is 0 Å². The van der Waals surface area contributed by atoms with E-state index >= 15 is 0 Å². The number of rotatable bonds is 10. The molecule has 2 unspecified atom stereocenters. The van der Waals surface area contributed by atoms with Gasteiger partial charge in [0.05, 0.1) is 17.3 Å². The first-order valence-corrected chi connectivity index (χ1v) is 12.5. The van der Waals surface area contributed by atoms with Crippen molar-refractivity contribution >= 4 is 27.5 Å². The zero-order valence-electron chi connectivity index (χ0n) is 16.8. The summed E-state index contributed by atoms with van der Waals surface area (Å²) in [6, 6.07) is 0.177. The average Bonchev–Trinajstić information content (AvgIpc) is 3.08. The fourth-order valence-corrected chi connectivity index (χ4v) is 5.89. The number of nitrogens with zero attached hydrogens (tertiary/aromatic N) is 3. The number of nitrogens with one attached hydrogen (secondary N) is 1. The number of thioether (sulfide) groups is 1. The number of hydrogen-bond acceptors (Lipinski definition) is 6. The van der Waals surface area contributed by atoms with Gasteiger partial charge in [-0.05, 0) is 31.6 Å². The van der Waals surface area contributed by atoms with Crippen molar-refractivity contribution in [2.75, 3.05) is 17.3 Å². The Labute approximate surface area is 167 Å². The zero-order valence-corrected chi connectivity index (χ0v) is 18.4. The van der Waals surface area contributed by atoms with Crippen LogP contribution >= 0.6 is 11.8 Å². The molecule has 1 aromatic rings. The molecule has 2 rings (SSSR count). The number of carbonyl (C=O) groups excluding carboxylic acids is 1. The van der Waals surface area contributed by atoms with Crippen molar-refractivity contribution in [3.05, 3.63) is 5.82 Å². The maximum atomic E-state index is 12.1. The Morgan fingerprint density at radius 1 is 1.30 bits per heavy atom. The summed E-state index contributed by atoms with van der Waals surface area (Å²) < 4.78 is 25.1. The summed E-state index contributed by atoms with van der Waals surface area (Å²) in [7, 11) is -1.01. The quantitative estimate of drug-likeness (QED) is 0.588. The van der Waals surface area contributed by atoms with Gasteiger partial charge < -0.3 is 9.88 Å². The molecule has 0 radical (unpaired) electrons. The van der Waals surface area contributed by atoms with E-state index in [4.69, 9.17) is 0 Å². The van der Waals surface area contributed by atoms with Gasteiger partial charge in [0, 0.05) is 19.5 Å². The molecule has 154 valence electrons. The number of amides is 1. The van der Waals surface area contributed by atoms with E-state index in [0.29, 0.717) is 29.7 Å². The standard InChI is InChI=1S/C18H32N4O3S2/c1-13(2)6-5-7-14(3)19-17(23)11-26-18-21-20-16(22(18)4)10-15-8-9-27(24,25)12-15/h13-15H,5-12H2,1-4H3,(H,19,23). The maximum Gasteiger partial charge on any atom is 0.230 e. The summed E-state index contributed by atoms with van der Waals surface area (Å²) >= 11 is 1.36. The fourth-order valence-electron chi connectivity index (χ4n) is 3.29. The van der Waals surface area contributed by atoms with Gasteiger partial charge >= 0.3 is 0 Å². The summed E-state index contributed by atoms with van der Waals surface area (Å²) in [5.41, 5.74) is 0. The van der Waals surface area contributed by atoms with E-state index in [2.05, 4.69) is 29.4 Å². The molecule has 0 saturated carbocycles. The van der Waals surface area contributed by atoms with Crippen molar-refractivity contribution < 1.29 is 13.2 Å². The minimum absolute atomic E-state index is 0.00323. The second-order valence-corrected chi connectivity index (χ2v) is 11.2. The topological polar surface area (TPSA) is 94.0 Å². The summed E-state index contributed by atoms with van der Waals surface area (Å²) in [5.74, 6) is 2.40. The summed E-state index contributed by atoms with van der Waals surface area (Å²) in [6.45, 7) is 6.46. The molecule has 2 atom stereocenters. The third-order valence-electron chi connectivity index (χ3n) is 4.88. The maximum absolute atomic E-state index is 12.1. The van der Waals surface area contributed by atoms with Gasteiger partial charge in [-0.3, -0.25) is 4.79 Å². The first-order chi connectivity index (χ1) is 12.7. The van der Waals surface area contributed by atoms with Crippen LogP contribution in [0.5, 0.6) is 0 Å². The van der Waals surface area contributed by atoms with Gasteiger partial charge in [-0.1, -0.05) is 38.5 Å². The van der Waals surface area contributed by atoms with Crippen LogP contribution in [-0.4, -0.2) is 52.4 Å². The smallest absolute Gasteiger partial charge is 0.230 e. The van der Waals surface area contributed by atoms with Crippen molar-refractivity contribution in [1.29, 1.82) is 0 Å². The molecule has 1 aromatic heterocycles. The Hall–Kier alpha value is -1.09. The van der Waals surface area contributed by atoms with Crippen LogP contribution in [0.3, 0.4) is 0 Å². The van der Waals surface area contributed by atoms with Crippen molar-refractivity contribution in [1.82, 2.24) is 20.1 Å². The molecule has 9 heteroatoms. The highest BCUT2D eigenvalue weighted by Gasteiger charge is 2.29. The molecule has 1 fully saturated rings. The van der Waals surface area contributed by atoms with Crippen molar-refractivity contribution in [3.63, 3.8) is 0 Å². The van der Waals surface area contributed by atoms with Gasteiger partial charge in [0.15, 0.2) is 15.0 Å². The van der Waals surface area contributed by atoms with E-state index in [1.807, 2.05) is 18.5 Å². The predicted molar refractivity (Wildman–Crippen MR) is 108 cm³/mol. The SMILES string of the molecule is CC(C)CCCC(C)NC(=O)CSc1nnc(CC2CCS(=O)(=O)C2)n1C. The van der Waals surface area contributed by atoms with E-state index in [0.717, 1.165) is 18.7 Å². The Bertz CT molecular complexity index is 731. The molecule has 0 aromatic carbocycles. The molecule has 2 heterocycles. The Kier molecular flexibility index (Phi) is 8.15. The highest BCUT2D eigenvalue weighted by atomic mass is 32.2. The van der Waals surface area contributed by atoms with Crippen molar-refractivity contribution in [2.24, 2.45) is 18.9 Å². The Morgan fingerprint density at radius 3 is 2.67 bits per heavy atom. The van der Waals surface area contributed by atoms with E-state index in [1.54, 1.807) is 0 Å². The van der Waals surface area contributed by atoms with E-state index in [-0.39, 0.29) is 29.4 Å². The van der Waals surface area contributed by atoms with Crippen LogP contribution in [-0.2, 0) is 28.1 Å². The molecule has 0 spiro atoms. The predicted octanol–water partition coefficient (Wildman–Crippen LogP) is 2.22. The molecule has 1 aliphatic rings. The van der Waals surface area contributed by atoms with Gasteiger partial charge in [0.2, 0.25) is 5.91 Å². The third-order valence-corrected chi connectivity index (χ3v) is 7.74. The normalized spacial score (nSPS) is 20.1. The summed E-state index contributed by atoms with van der Waals surface area (Å²) in [4.78, 5) is 12.1. The van der Waals surface area contributed by atoms with Gasteiger partial charge in [-0.2, -0.15) is 0 Å². The van der Waals surface area contributed by atoms with Crippen LogP contribution in [0.2, 0.25) is 0 Å². The molecule has 7 nitrogen and oxygen atoms in total. The molecular formula is C18H32N4O3S2. The second-order valence-electron chi connectivity index (χ2n) is 8.01. The highest BCUT2D eigenvalue weighted by molar-refractivity contribution is 7.99. The average molecular weight is 417 g/mol. The summed E-state index contributed by atoms with van der Waals surface area (Å²) in [5, 5.41) is 12.1. The zero-order chi connectivity index (χ0) is 20.0. The molecule has 1 amide bonds. The van der Waals surface area contributed by atoms with Crippen LogP contribution in [0.4, 0.5) is 0 Å². The van der Waals surface area contributed by atoms with Crippen LogP contribution in [0.25, 0.3) is 0 Å². The van der Waals surface area contributed by atoms with Gasteiger partial charge in [-0.25, -0.2) is 8.42 Å². The van der Waals surface area contributed by atoms with Crippen molar-refractivity contribution in [2.45, 2.75) is 64.1 Å². The van der Waals surface area contributed by atoms with Crippen LogP contribution in [0.15, 0.2) is 5.16 Å². The molecule has 1 saturated heterocycles. The Morgan fingerprint density at radius 2 is 2.04 bits per heavy atom. The largest absolute Gasteiger partial charge is 0.353 e. The lowest BCUT2D eigenvalue weighted by molar-refractivity contribution is -0.119. The first-order valence-electron chi connectivity index (χ1n) is 9.67. The number of hydrogen-bond donors (Lipinski definition) is 1. The highest BCUT2D eigenvalue weighted by Crippen LogP contribution is 2.23. The number of sulfone groups is 1. The lowest BCUT2D eigenvalue weighted by Gasteiger charge is -2.14. The molecule has 0 aliphatic carbocycles. The fraction of sp³-hybridized carbons (Fsp3) is 0.833. The van der Waals surface area contributed by atoms with Crippen LogP contribution in [0, 0.1) is 11.8 Å². The minimum Gasteiger partial charge on any atom is -0.353 e. The van der Waals surface area contributed by atoms with Gasteiger partial charge in [0.1, 0.15) is 5.82 Å². The van der Waals surface area contributed by atoms with E-state index < -0.39 is 9.84 Å². The third kappa shape index (κ3) is 7.44. The molecule has 0 bridgehead atoms.